The highest BCUT2D eigenvalue weighted by Crippen LogP contribution is 2.20. The summed E-state index contributed by atoms with van der Waals surface area (Å²) in [6, 6.07) is 7.68. The molecule has 0 spiro atoms. The van der Waals surface area contributed by atoms with Gasteiger partial charge in [0.1, 0.15) is 5.82 Å². The predicted octanol–water partition coefficient (Wildman–Crippen LogP) is 1.61. The summed E-state index contributed by atoms with van der Waals surface area (Å²) in [5.41, 5.74) is 2.12. The molecule has 1 aromatic heterocycles. The lowest BCUT2D eigenvalue weighted by atomic mass is 10.1. The van der Waals surface area contributed by atoms with Crippen LogP contribution in [0.25, 0.3) is 0 Å². The van der Waals surface area contributed by atoms with Crippen molar-refractivity contribution in [2.24, 2.45) is 0 Å². The van der Waals surface area contributed by atoms with Crippen LogP contribution in [0, 0.1) is 13.8 Å². The summed E-state index contributed by atoms with van der Waals surface area (Å²) in [6.45, 7) is 5.85. The van der Waals surface area contributed by atoms with Gasteiger partial charge in [-0.1, -0.05) is 24.3 Å². The molecule has 1 saturated heterocycles. The van der Waals surface area contributed by atoms with E-state index in [0.717, 1.165) is 17.0 Å². The van der Waals surface area contributed by atoms with E-state index in [4.69, 9.17) is 0 Å². The van der Waals surface area contributed by atoms with Crippen LogP contribution in [-0.4, -0.2) is 65.0 Å². The van der Waals surface area contributed by atoms with Gasteiger partial charge in [0.05, 0.1) is 12.7 Å². The number of nitrogens with zero attached hydrogens (tertiary/aromatic N) is 4. The van der Waals surface area contributed by atoms with E-state index in [2.05, 4.69) is 4.98 Å². The molecular formula is C20H28N4O3S. The molecule has 1 aliphatic rings. The smallest absolute Gasteiger partial charge is 0.227 e. The predicted molar refractivity (Wildman–Crippen MR) is 108 cm³/mol. The molecule has 1 fully saturated rings. The van der Waals surface area contributed by atoms with Gasteiger partial charge in [0.2, 0.25) is 15.9 Å². The first-order valence-corrected chi connectivity index (χ1v) is 11.4. The summed E-state index contributed by atoms with van der Waals surface area (Å²) in [4.78, 5) is 18.7. The highest BCUT2D eigenvalue weighted by molar-refractivity contribution is 7.88. The lowest BCUT2D eigenvalue weighted by Crippen LogP contribution is -2.43. The van der Waals surface area contributed by atoms with E-state index in [1.165, 1.54) is 10.6 Å². The van der Waals surface area contributed by atoms with Gasteiger partial charge >= 0.3 is 0 Å². The van der Waals surface area contributed by atoms with Crippen LogP contribution >= 0.6 is 0 Å². The largest absolute Gasteiger partial charge is 0.341 e. The fraction of sp³-hybridized carbons (Fsp3) is 0.500. The minimum atomic E-state index is -3.37. The van der Waals surface area contributed by atoms with Gasteiger partial charge in [-0.25, -0.2) is 13.4 Å². The number of carbonyl (C=O) groups excluding carboxylic acids is 1. The fourth-order valence-electron chi connectivity index (χ4n) is 3.75. The molecule has 0 N–H and O–H groups in total. The van der Waals surface area contributed by atoms with Gasteiger partial charge in [0, 0.05) is 44.6 Å². The Bertz CT molecular complexity index is 938. The number of amides is 1. The Morgan fingerprint density at radius 2 is 2.04 bits per heavy atom. The second-order valence-electron chi connectivity index (χ2n) is 7.43. The summed E-state index contributed by atoms with van der Waals surface area (Å²) >= 11 is 0. The van der Waals surface area contributed by atoms with Crippen LogP contribution in [0.5, 0.6) is 0 Å². The molecule has 1 aromatic carbocycles. The Kier molecular flexibility index (Phi) is 6.20. The highest BCUT2D eigenvalue weighted by Gasteiger charge is 2.34. The topological polar surface area (TPSA) is 75.5 Å². The molecule has 0 aliphatic carbocycles. The van der Waals surface area contributed by atoms with Crippen LogP contribution in [-0.2, 0) is 27.8 Å². The molecule has 3 rings (SSSR count). The van der Waals surface area contributed by atoms with Crippen molar-refractivity contribution < 1.29 is 13.2 Å². The third-order valence-electron chi connectivity index (χ3n) is 5.44. The van der Waals surface area contributed by atoms with Crippen molar-refractivity contribution >= 4 is 15.9 Å². The molecule has 7 nitrogen and oxygen atoms in total. The molecule has 2 heterocycles. The van der Waals surface area contributed by atoms with Crippen molar-refractivity contribution in [3.05, 3.63) is 53.6 Å². The normalized spacial score (nSPS) is 17.4. The maximum atomic E-state index is 12.7. The second-order valence-corrected chi connectivity index (χ2v) is 9.36. The van der Waals surface area contributed by atoms with Gasteiger partial charge in [-0.3, -0.25) is 4.79 Å². The molecule has 1 aliphatic heterocycles. The molecule has 152 valence electrons. The minimum Gasteiger partial charge on any atom is -0.341 e. The summed E-state index contributed by atoms with van der Waals surface area (Å²) in [5.74, 6) is 0.908. The highest BCUT2D eigenvalue weighted by atomic mass is 32.2. The molecule has 1 amide bonds. The lowest BCUT2D eigenvalue weighted by molar-refractivity contribution is -0.129. The molecule has 0 radical (unpaired) electrons. The van der Waals surface area contributed by atoms with Crippen molar-refractivity contribution in [1.82, 2.24) is 18.8 Å². The number of rotatable bonds is 7. The number of sulfonamides is 1. The average Bonchev–Trinajstić information content (AvgIpc) is 3.26. The zero-order chi connectivity index (χ0) is 20.3. The monoisotopic (exact) mass is 404 g/mol. The Balaban J connectivity index is 1.64. The van der Waals surface area contributed by atoms with Gasteiger partial charge in [-0.2, -0.15) is 4.31 Å². The standard InChI is InChI=1S/C20H28N4O3S/c1-16-6-4-5-7-18(16)14-20(25)23-10-8-19(15-23)24(28(3,26)27)13-12-22-11-9-21-17(22)2/h4-7,9,11,19H,8,10,12-15H2,1-3H3. The van der Waals surface area contributed by atoms with Crippen LogP contribution in [0.2, 0.25) is 0 Å². The lowest BCUT2D eigenvalue weighted by Gasteiger charge is -2.27. The Hall–Kier alpha value is -2.19. The minimum absolute atomic E-state index is 0.0516. The fourth-order valence-corrected chi connectivity index (χ4v) is 4.88. The molecule has 0 saturated carbocycles. The maximum absolute atomic E-state index is 12.7. The van der Waals surface area contributed by atoms with Crippen molar-refractivity contribution in [1.29, 1.82) is 0 Å². The third-order valence-corrected chi connectivity index (χ3v) is 6.77. The van der Waals surface area contributed by atoms with Crippen LogP contribution < -0.4 is 0 Å². The zero-order valence-corrected chi connectivity index (χ0v) is 17.5. The van der Waals surface area contributed by atoms with Crippen molar-refractivity contribution in [3.8, 4) is 0 Å². The third kappa shape index (κ3) is 4.80. The zero-order valence-electron chi connectivity index (χ0n) is 16.7. The van der Waals surface area contributed by atoms with Gasteiger partial charge in [0.25, 0.3) is 0 Å². The van der Waals surface area contributed by atoms with Gasteiger partial charge in [-0.15, -0.1) is 0 Å². The Morgan fingerprint density at radius 1 is 1.29 bits per heavy atom. The van der Waals surface area contributed by atoms with E-state index < -0.39 is 10.0 Å². The summed E-state index contributed by atoms with van der Waals surface area (Å²) < 4.78 is 28.2. The number of imidazole rings is 1. The molecule has 8 heteroatoms. The van der Waals surface area contributed by atoms with E-state index >= 15 is 0 Å². The van der Waals surface area contributed by atoms with Gasteiger partial charge in [-0.05, 0) is 31.4 Å². The molecule has 28 heavy (non-hydrogen) atoms. The first kappa shape index (κ1) is 20.5. The van der Waals surface area contributed by atoms with Crippen LogP contribution in [0.4, 0.5) is 0 Å². The molecule has 0 bridgehead atoms. The summed E-state index contributed by atoms with van der Waals surface area (Å²) in [7, 11) is -3.37. The SMILES string of the molecule is Cc1ccccc1CC(=O)N1CCC(N(CCn2ccnc2C)S(C)(=O)=O)C1. The number of hydrogen-bond donors (Lipinski definition) is 0. The Labute approximate surface area is 167 Å². The number of carbonyl (C=O) groups is 1. The maximum Gasteiger partial charge on any atom is 0.227 e. The van der Waals surface area contributed by atoms with Crippen molar-refractivity contribution in [3.63, 3.8) is 0 Å². The number of likely N-dealkylation sites (tertiary alicyclic amines) is 1. The van der Waals surface area contributed by atoms with Crippen molar-refractivity contribution in [2.75, 3.05) is 25.9 Å². The number of hydrogen-bond acceptors (Lipinski definition) is 4. The second kappa shape index (κ2) is 8.45. The molecular weight excluding hydrogens is 376 g/mol. The first-order valence-electron chi connectivity index (χ1n) is 9.52. The van der Waals surface area contributed by atoms with Crippen LogP contribution in [0.3, 0.4) is 0 Å². The van der Waals surface area contributed by atoms with Gasteiger partial charge in [0.15, 0.2) is 0 Å². The molecule has 1 atom stereocenters. The number of aromatic nitrogens is 2. The van der Waals surface area contributed by atoms with Crippen LogP contribution in [0.1, 0.15) is 23.4 Å². The van der Waals surface area contributed by atoms with E-state index in [1.54, 1.807) is 11.1 Å². The first-order chi connectivity index (χ1) is 13.3. The Morgan fingerprint density at radius 3 is 2.68 bits per heavy atom. The number of benzene rings is 1. The summed E-state index contributed by atoms with van der Waals surface area (Å²) in [6.07, 6.45) is 5.82. The molecule has 2 aromatic rings. The average molecular weight is 405 g/mol. The van der Waals surface area contributed by atoms with Gasteiger partial charge < -0.3 is 9.47 Å². The van der Waals surface area contributed by atoms with E-state index in [1.807, 2.05) is 48.9 Å². The van der Waals surface area contributed by atoms with E-state index in [-0.39, 0.29) is 11.9 Å². The van der Waals surface area contributed by atoms with E-state index in [9.17, 15) is 13.2 Å². The number of aryl methyl sites for hydroxylation is 2. The van der Waals surface area contributed by atoms with E-state index in [0.29, 0.717) is 39.0 Å². The van der Waals surface area contributed by atoms with Crippen LogP contribution in [0.15, 0.2) is 36.7 Å². The molecule has 1 unspecified atom stereocenters. The summed E-state index contributed by atoms with van der Waals surface area (Å²) in [5, 5.41) is 0. The quantitative estimate of drug-likeness (QED) is 0.703. The van der Waals surface area contributed by atoms with Crippen molar-refractivity contribution in [2.45, 2.75) is 39.3 Å².